The summed E-state index contributed by atoms with van der Waals surface area (Å²) >= 11 is 0. The first kappa shape index (κ1) is 13.4. The predicted octanol–water partition coefficient (Wildman–Crippen LogP) is 0.238. The van der Waals surface area contributed by atoms with Gasteiger partial charge in [-0.2, -0.15) is 0 Å². The van der Waals surface area contributed by atoms with E-state index in [0.717, 1.165) is 6.54 Å². The van der Waals surface area contributed by atoms with Crippen molar-refractivity contribution in [3.8, 4) is 0 Å². The minimum Gasteiger partial charge on any atom is -0.480 e. The van der Waals surface area contributed by atoms with Crippen molar-refractivity contribution < 1.29 is 9.90 Å². The van der Waals surface area contributed by atoms with Crippen molar-refractivity contribution in [3.05, 3.63) is 18.1 Å². The van der Waals surface area contributed by atoms with Crippen LogP contribution in [0.5, 0.6) is 0 Å². The van der Waals surface area contributed by atoms with E-state index in [1.54, 1.807) is 24.1 Å². The summed E-state index contributed by atoms with van der Waals surface area (Å²) in [4.78, 5) is 22.8. The standard InChI is InChI=1S/C11H18N4O2/c1-9-12-5-4-10(13-9)15(8-11(16)17)7-6-14(2)3/h4-5H,6-8H2,1-3H3,(H,16,17). The lowest BCUT2D eigenvalue weighted by molar-refractivity contribution is -0.135. The molecule has 6 heteroatoms. The third-order valence-corrected chi connectivity index (χ3v) is 2.23. The van der Waals surface area contributed by atoms with Crippen LogP contribution in [0.15, 0.2) is 12.3 Å². The van der Waals surface area contributed by atoms with Crippen LogP contribution in [0.2, 0.25) is 0 Å². The number of nitrogens with zero attached hydrogens (tertiary/aromatic N) is 4. The number of carbonyl (C=O) groups is 1. The molecule has 6 nitrogen and oxygen atoms in total. The van der Waals surface area contributed by atoms with Gasteiger partial charge in [-0.15, -0.1) is 0 Å². The molecule has 0 unspecified atom stereocenters. The van der Waals surface area contributed by atoms with Gasteiger partial charge in [-0.3, -0.25) is 4.79 Å². The molecule has 0 radical (unpaired) electrons. The Balaban J connectivity index is 2.78. The Bertz CT molecular complexity index is 381. The molecule has 1 aromatic heterocycles. The van der Waals surface area contributed by atoms with Crippen LogP contribution in [0.1, 0.15) is 5.82 Å². The van der Waals surface area contributed by atoms with Gasteiger partial charge in [0.05, 0.1) is 0 Å². The smallest absolute Gasteiger partial charge is 0.323 e. The van der Waals surface area contributed by atoms with Gasteiger partial charge < -0.3 is 14.9 Å². The van der Waals surface area contributed by atoms with Crippen molar-refractivity contribution in [1.29, 1.82) is 0 Å². The van der Waals surface area contributed by atoms with Crippen LogP contribution in [-0.4, -0.2) is 59.7 Å². The number of hydrogen-bond donors (Lipinski definition) is 1. The summed E-state index contributed by atoms with van der Waals surface area (Å²) in [5.74, 6) is 0.435. The van der Waals surface area contributed by atoms with Crippen LogP contribution in [0.25, 0.3) is 0 Å². The van der Waals surface area contributed by atoms with Crippen LogP contribution in [-0.2, 0) is 4.79 Å². The molecular weight excluding hydrogens is 220 g/mol. The number of aromatic nitrogens is 2. The average molecular weight is 238 g/mol. The zero-order valence-corrected chi connectivity index (χ0v) is 10.4. The minimum atomic E-state index is -0.861. The van der Waals surface area contributed by atoms with E-state index < -0.39 is 5.97 Å². The summed E-state index contributed by atoms with van der Waals surface area (Å²) in [6.07, 6.45) is 1.64. The fraction of sp³-hybridized carbons (Fsp3) is 0.545. The number of anilines is 1. The molecule has 0 aliphatic carbocycles. The largest absolute Gasteiger partial charge is 0.480 e. The first-order valence-electron chi connectivity index (χ1n) is 5.40. The van der Waals surface area contributed by atoms with Crippen molar-refractivity contribution in [2.45, 2.75) is 6.92 Å². The lowest BCUT2D eigenvalue weighted by Gasteiger charge is -2.23. The summed E-state index contributed by atoms with van der Waals surface area (Å²) in [5.41, 5.74) is 0. The van der Waals surface area contributed by atoms with Gasteiger partial charge in [-0.1, -0.05) is 0 Å². The van der Waals surface area contributed by atoms with Crippen LogP contribution in [0.3, 0.4) is 0 Å². The number of aryl methyl sites for hydroxylation is 1. The number of rotatable bonds is 6. The quantitative estimate of drug-likeness (QED) is 0.765. The maximum Gasteiger partial charge on any atom is 0.323 e. The highest BCUT2D eigenvalue weighted by Gasteiger charge is 2.12. The van der Waals surface area contributed by atoms with Gasteiger partial charge in [0.2, 0.25) is 0 Å². The van der Waals surface area contributed by atoms with Crippen LogP contribution in [0, 0.1) is 6.92 Å². The van der Waals surface area contributed by atoms with E-state index >= 15 is 0 Å². The van der Waals surface area contributed by atoms with Crippen molar-refractivity contribution >= 4 is 11.8 Å². The summed E-state index contributed by atoms with van der Waals surface area (Å²) < 4.78 is 0. The molecule has 0 spiro atoms. The van der Waals surface area contributed by atoms with E-state index in [2.05, 4.69) is 9.97 Å². The first-order chi connectivity index (χ1) is 7.99. The molecule has 0 saturated heterocycles. The first-order valence-corrected chi connectivity index (χ1v) is 5.40. The fourth-order valence-corrected chi connectivity index (χ4v) is 1.38. The van der Waals surface area contributed by atoms with Gasteiger partial charge in [-0.25, -0.2) is 9.97 Å². The second kappa shape index (κ2) is 6.15. The monoisotopic (exact) mass is 238 g/mol. The third-order valence-electron chi connectivity index (χ3n) is 2.23. The van der Waals surface area contributed by atoms with E-state index in [0.29, 0.717) is 18.2 Å². The van der Waals surface area contributed by atoms with Gasteiger partial charge in [0.15, 0.2) is 0 Å². The number of likely N-dealkylation sites (N-methyl/N-ethyl adjacent to an activating group) is 1. The number of hydrogen-bond acceptors (Lipinski definition) is 5. The Hall–Kier alpha value is -1.69. The highest BCUT2D eigenvalue weighted by molar-refractivity contribution is 5.73. The molecule has 1 aromatic rings. The van der Waals surface area contributed by atoms with E-state index in [9.17, 15) is 4.79 Å². The lowest BCUT2D eigenvalue weighted by atomic mass is 10.4. The average Bonchev–Trinajstić information content (AvgIpc) is 2.23. The highest BCUT2D eigenvalue weighted by atomic mass is 16.4. The Morgan fingerprint density at radius 3 is 2.65 bits per heavy atom. The lowest BCUT2D eigenvalue weighted by Crippen LogP contribution is -2.36. The van der Waals surface area contributed by atoms with Gasteiger partial charge in [0.25, 0.3) is 0 Å². The summed E-state index contributed by atoms with van der Waals surface area (Å²) in [6, 6.07) is 1.73. The Morgan fingerprint density at radius 1 is 1.41 bits per heavy atom. The molecule has 0 saturated carbocycles. The molecule has 0 bridgehead atoms. The van der Waals surface area contributed by atoms with Gasteiger partial charge in [0.1, 0.15) is 18.2 Å². The Labute approximate surface area is 101 Å². The van der Waals surface area contributed by atoms with Gasteiger partial charge in [-0.05, 0) is 27.1 Å². The summed E-state index contributed by atoms with van der Waals surface area (Å²) in [5, 5.41) is 8.88. The minimum absolute atomic E-state index is 0.0513. The summed E-state index contributed by atoms with van der Waals surface area (Å²) in [7, 11) is 3.90. The number of carboxylic acids is 1. The zero-order chi connectivity index (χ0) is 12.8. The highest BCUT2D eigenvalue weighted by Crippen LogP contribution is 2.09. The van der Waals surface area contributed by atoms with Crippen molar-refractivity contribution in [1.82, 2.24) is 14.9 Å². The molecule has 0 aliphatic heterocycles. The number of carboxylic acid groups (broad SMARTS) is 1. The molecule has 0 aromatic carbocycles. The van der Waals surface area contributed by atoms with E-state index in [4.69, 9.17) is 5.11 Å². The fourth-order valence-electron chi connectivity index (χ4n) is 1.38. The van der Waals surface area contributed by atoms with Crippen molar-refractivity contribution in [3.63, 3.8) is 0 Å². The molecule has 0 aliphatic rings. The molecule has 94 valence electrons. The van der Waals surface area contributed by atoms with Crippen LogP contribution >= 0.6 is 0 Å². The Morgan fingerprint density at radius 2 is 2.12 bits per heavy atom. The molecule has 1 heterocycles. The maximum absolute atomic E-state index is 10.8. The molecule has 0 atom stereocenters. The third kappa shape index (κ3) is 4.78. The van der Waals surface area contributed by atoms with Crippen molar-refractivity contribution in [2.75, 3.05) is 38.6 Å². The van der Waals surface area contributed by atoms with E-state index in [1.165, 1.54) is 0 Å². The second-order valence-corrected chi connectivity index (χ2v) is 4.08. The molecular formula is C11H18N4O2. The van der Waals surface area contributed by atoms with Gasteiger partial charge >= 0.3 is 5.97 Å². The number of aliphatic carboxylic acids is 1. The normalized spacial score (nSPS) is 10.6. The summed E-state index contributed by atoms with van der Waals surface area (Å²) in [6.45, 7) is 3.13. The van der Waals surface area contributed by atoms with Crippen LogP contribution < -0.4 is 4.90 Å². The topological polar surface area (TPSA) is 69.6 Å². The SMILES string of the molecule is Cc1nccc(N(CCN(C)C)CC(=O)O)n1. The predicted molar refractivity (Wildman–Crippen MR) is 65.2 cm³/mol. The molecule has 17 heavy (non-hydrogen) atoms. The molecule has 1 N–H and O–H groups in total. The van der Waals surface area contributed by atoms with E-state index in [1.807, 2.05) is 19.0 Å². The van der Waals surface area contributed by atoms with Crippen molar-refractivity contribution in [2.24, 2.45) is 0 Å². The molecule has 0 amide bonds. The molecule has 0 fully saturated rings. The van der Waals surface area contributed by atoms with Crippen LogP contribution in [0.4, 0.5) is 5.82 Å². The van der Waals surface area contributed by atoms with E-state index in [-0.39, 0.29) is 6.54 Å². The maximum atomic E-state index is 10.8. The van der Waals surface area contributed by atoms with Gasteiger partial charge in [0, 0.05) is 19.3 Å². The second-order valence-electron chi connectivity index (χ2n) is 4.08. The molecule has 1 rings (SSSR count). The Kier molecular flexibility index (Phi) is 4.84. The zero-order valence-electron chi connectivity index (χ0n) is 10.4.